The first kappa shape index (κ1) is 26.1. The zero-order valence-corrected chi connectivity index (χ0v) is 22.0. The van der Waals surface area contributed by atoms with Crippen LogP contribution in [0.4, 0.5) is 5.69 Å². The maximum Gasteiger partial charge on any atom is 0.329 e. The van der Waals surface area contributed by atoms with E-state index in [1.807, 2.05) is 91.0 Å². The Hall–Kier alpha value is -2.96. The van der Waals surface area contributed by atoms with Gasteiger partial charge in [0.25, 0.3) is 0 Å². The van der Waals surface area contributed by atoms with E-state index in [1.54, 1.807) is 0 Å². The summed E-state index contributed by atoms with van der Waals surface area (Å²) in [5, 5.41) is 3.39. The van der Waals surface area contributed by atoms with E-state index in [2.05, 4.69) is 5.32 Å². The Morgan fingerprint density at radius 2 is 1.44 bits per heavy atom. The summed E-state index contributed by atoms with van der Waals surface area (Å²) in [4.78, 5) is 26.5. The van der Waals surface area contributed by atoms with E-state index < -0.39 is 6.04 Å². The van der Waals surface area contributed by atoms with Crippen LogP contribution in [0.15, 0.2) is 91.0 Å². The quantitative estimate of drug-likeness (QED) is 0.251. The van der Waals surface area contributed by atoms with Gasteiger partial charge in [-0.05, 0) is 17.7 Å². The highest BCUT2D eigenvalue weighted by atomic mass is 79.9. The number of para-hydroxylation sites is 1. The number of piperidine rings is 3. The number of carbonyl (C=O) groups excluding carboxylic acids is 2. The van der Waals surface area contributed by atoms with E-state index in [-0.39, 0.29) is 34.8 Å². The number of anilines is 1. The van der Waals surface area contributed by atoms with Crippen molar-refractivity contribution in [2.24, 2.45) is 5.92 Å². The first-order valence-corrected chi connectivity index (χ1v) is 12.6. The molecule has 2 atom stereocenters. The predicted molar refractivity (Wildman–Crippen MR) is 137 cm³/mol. The molecule has 6 heteroatoms. The summed E-state index contributed by atoms with van der Waals surface area (Å²) in [7, 11) is 0. The van der Waals surface area contributed by atoms with Crippen molar-refractivity contribution < 1.29 is 35.8 Å². The fourth-order valence-electron chi connectivity index (χ4n) is 5.61. The lowest BCUT2D eigenvalue weighted by Gasteiger charge is -2.51. The van der Waals surface area contributed by atoms with Gasteiger partial charge in [0.1, 0.15) is 19.1 Å². The molecule has 0 aliphatic carbocycles. The Morgan fingerprint density at radius 3 is 2.08 bits per heavy atom. The van der Waals surface area contributed by atoms with Gasteiger partial charge in [-0.15, -0.1) is 0 Å². The molecule has 3 aliphatic heterocycles. The van der Waals surface area contributed by atoms with Crippen LogP contribution < -0.4 is 22.3 Å². The van der Waals surface area contributed by atoms with Crippen LogP contribution in [0, 0.1) is 5.92 Å². The van der Waals surface area contributed by atoms with Crippen molar-refractivity contribution in [1.82, 2.24) is 0 Å². The second-order valence-corrected chi connectivity index (χ2v) is 9.98. The molecule has 3 saturated heterocycles. The van der Waals surface area contributed by atoms with Gasteiger partial charge >= 0.3 is 5.97 Å². The number of fused-ring (bicyclic) bond motifs is 3. The number of esters is 1. The SMILES string of the molecule is O=C(C[N+]12CCC(CC1)C(OC(=O)C(Cc1ccccc1)Nc1ccccc1)C2)c1ccccc1.[Br-]. The summed E-state index contributed by atoms with van der Waals surface area (Å²) < 4.78 is 6.94. The fourth-order valence-corrected chi connectivity index (χ4v) is 5.61. The molecule has 188 valence electrons. The third-order valence-corrected chi connectivity index (χ3v) is 7.57. The molecule has 3 fully saturated rings. The highest BCUT2D eigenvalue weighted by Gasteiger charge is 2.48. The van der Waals surface area contributed by atoms with Gasteiger partial charge in [-0.2, -0.15) is 0 Å². The maximum atomic E-state index is 13.5. The number of nitrogens with one attached hydrogen (secondary N) is 1. The van der Waals surface area contributed by atoms with Crippen LogP contribution >= 0.6 is 0 Å². The normalized spacial score (nSPS) is 23.2. The summed E-state index contributed by atoms with van der Waals surface area (Å²) in [6.45, 7) is 3.15. The van der Waals surface area contributed by atoms with Gasteiger partial charge in [0.15, 0.2) is 6.10 Å². The van der Waals surface area contributed by atoms with Gasteiger partial charge in [0.05, 0.1) is 13.1 Å². The van der Waals surface area contributed by atoms with Crippen molar-refractivity contribution in [1.29, 1.82) is 0 Å². The van der Waals surface area contributed by atoms with E-state index >= 15 is 0 Å². The zero-order chi connectivity index (χ0) is 24.1. The van der Waals surface area contributed by atoms with Crippen molar-refractivity contribution in [3.63, 3.8) is 0 Å². The van der Waals surface area contributed by atoms with Gasteiger partial charge in [-0.3, -0.25) is 4.79 Å². The molecule has 0 radical (unpaired) electrons. The first-order valence-electron chi connectivity index (χ1n) is 12.6. The third kappa shape index (κ3) is 6.23. The first-order chi connectivity index (χ1) is 17.1. The highest BCUT2D eigenvalue weighted by Crippen LogP contribution is 2.36. The second kappa shape index (κ2) is 11.8. The molecule has 0 amide bonds. The van der Waals surface area contributed by atoms with Crippen LogP contribution in [0.5, 0.6) is 0 Å². The number of hydrogen-bond donors (Lipinski definition) is 1. The minimum Gasteiger partial charge on any atom is -1.00 e. The number of carbonyl (C=O) groups is 2. The van der Waals surface area contributed by atoms with Crippen molar-refractivity contribution >= 4 is 17.4 Å². The number of benzene rings is 3. The molecule has 0 saturated carbocycles. The lowest BCUT2D eigenvalue weighted by molar-refractivity contribution is -0.938. The topological polar surface area (TPSA) is 55.4 Å². The van der Waals surface area contributed by atoms with Crippen LogP contribution in [0.2, 0.25) is 0 Å². The molecule has 3 aliphatic rings. The Balaban J connectivity index is 0.00000304. The predicted octanol–water partition coefficient (Wildman–Crippen LogP) is 1.75. The molecule has 6 rings (SSSR count). The molecule has 0 aromatic heterocycles. The van der Waals surface area contributed by atoms with Crippen molar-refractivity contribution in [3.05, 3.63) is 102 Å². The molecule has 36 heavy (non-hydrogen) atoms. The van der Waals surface area contributed by atoms with E-state index in [1.165, 1.54) is 0 Å². The second-order valence-electron chi connectivity index (χ2n) is 9.98. The lowest BCUT2D eigenvalue weighted by atomic mass is 9.82. The van der Waals surface area contributed by atoms with Gasteiger partial charge in [-0.25, -0.2) is 4.79 Å². The number of Topliss-reactive ketones (excluding diaryl/α,β-unsaturated/α-hetero) is 1. The van der Waals surface area contributed by atoms with Gasteiger partial charge in [0.2, 0.25) is 5.78 Å². The molecule has 3 heterocycles. The molecule has 0 spiro atoms. The number of ether oxygens (including phenoxy) is 1. The van der Waals surface area contributed by atoms with Crippen molar-refractivity contribution in [2.75, 3.05) is 31.5 Å². The van der Waals surface area contributed by atoms with Crippen LogP contribution in [-0.4, -0.2) is 54.6 Å². The van der Waals surface area contributed by atoms with Crippen LogP contribution in [0.3, 0.4) is 0 Å². The van der Waals surface area contributed by atoms with Gasteiger partial charge in [0, 0.05) is 36.4 Å². The molecular weight excluding hydrogens is 516 g/mol. The Kier molecular flexibility index (Phi) is 8.60. The average molecular weight is 550 g/mol. The number of halogens is 1. The van der Waals surface area contributed by atoms with Crippen molar-refractivity contribution in [3.8, 4) is 0 Å². The molecule has 2 unspecified atom stereocenters. The van der Waals surface area contributed by atoms with E-state index in [0.29, 0.717) is 18.9 Å². The molecular formula is C30H33BrN2O3. The molecule has 1 N–H and O–H groups in total. The standard InChI is InChI=1S/C30H33N2O3.BrH/c33-28(24-12-6-2-7-13-24)21-32-18-16-25(17-19-32)29(22-32)35-30(34)27(20-23-10-4-1-5-11-23)31-26-14-8-3-9-15-26;/h1-15,25,27,29,31H,16-22H2;1H/q+1;/p-1. The summed E-state index contributed by atoms with van der Waals surface area (Å²) >= 11 is 0. The smallest absolute Gasteiger partial charge is 0.329 e. The summed E-state index contributed by atoms with van der Waals surface area (Å²) in [6, 6.07) is 28.9. The van der Waals surface area contributed by atoms with Gasteiger partial charge in [-0.1, -0.05) is 78.9 Å². The largest absolute Gasteiger partial charge is 1.00 e. The Bertz CT molecular complexity index is 1090. The zero-order valence-electron chi connectivity index (χ0n) is 20.4. The number of ketones is 1. The molecule has 2 bridgehead atoms. The van der Waals surface area contributed by atoms with Crippen LogP contribution in [0.25, 0.3) is 0 Å². The number of nitrogens with zero attached hydrogens (tertiary/aromatic N) is 1. The summed E-state index contributed by atoms with van der Waals surface area (Å²) in [6.07, 6.45) is 2.40. The summed E-state index contributed by atoms with van der Waals surface area (Å²) in [5.74, 6) is 0.326. The fraction of sp³-hybridized carbons (Fsp3) is 0.333. The molecule has 3 aromatic rings. The maximum absolute atomic E-state index is 13.5. The number of rotatable bonds is 9. The average Bonchev–Trinajstić information content (AvgIpc) is 2.90. The minimum absolute atomic E-state index is 0. The van der Waals surface area contributed by atoms with E-state index in [0.717, 1.165) is 53.8 Å². The Labute approximate surface area is 223 Å². The van der Waals surface area contributed by atoms with Gasteiger partial charge < -0.3 is 31.5 Å². The molecule has 3 aromatic carbocycles. The van der Waals surface area contributed by atoms with E-state index in [4.69, 9.17) is 4.74 Å². The minimum atomic E-state index is -0.477. The third-order valence-electron chi connectivity index (χ3n) is 7.57. The summed E-state index contributed by atoms with van der Waals surface area (Å²) in [5.41, 5.74) is 2.75. The molecule has 5 nitrogen and oxygen atoms in total. The van der Waals surface area contributed by atoms with Crippen LogP contribution in [0.1, 0.15) is 28.8 Å². The Morgan fingerprint density at radius 1 is 0.861 bits per heavy atom. The number of quaternary nitrogens is 1. The van der Waals surface area contributed by atoms with Crippen molar-refractivity contribution in [2.45, 2.75) is 31.4 Å². The van der Waals surface area contributed by atoms with E-state index in [9.17, 15) is 9.59 Å². The lowest BCUT2D eigenvalue weighted by Crippen LogP contribution is -3.00. The monoisotopic (exact) mass is 548 g/mol. The highest BCUT2D eigenvalue weighted by molar-refractivity contribution is 5.97. The van der Waals surface area contributed by atoms with Crippen LogP contribution in [-0.2, 0) is 16.0 Å². The number of hydrogen-bond acceptors (Lipinski definition) is 4.